The van der Waals surface area contributed by atoms with Crippen LogP contribution in [0.1, 0.15) is 46.5 Å². The lowest BCUT2D eigenvalue weighted by Gasteiger charge is -2.25. The molecule has 0 aromatic carbocycles. The highest BCUT2D eigenvalue weighted by molar-refractivity contribution is 4.61. The molecule has 0 heterocycles. The van der Waals surface area contributed by atoms with Crippen LogP contribution >= 0.6 is 0 Å². The van der Waals surface area contributed by atoms with E-state index in [1.807, 2.05) is 0 Å². The maximum atomic E-state index is 2.48. The predicted octanol–water partition coefficient (Wildman–Crippen LogP) is 3.02. The molecule has 0 saturated heterocycles. The molecule has 0 aliphatic carbocycles. The van der Waals surface area contributed by atoms with E-state index < -0.39 is 0 Å². The number of hydrogen-bond acceptors (Lipinski definition) is 3. The van der Waals surface area contributed by atoms with Crippen molar-refractivity contribution in [2.45, 2.75) is 46.5 Å². The summed E-state index contributed by atoms with van der Waals surface area (Å²) in [4.78, 5) is 7.36. The van der Waals surface area contributed by atoms with E-state index in [0.717, 1.165) is 5.92 Å². The monoisotopic (exact) mass is 285 g/mol. The Morgan fingerprint density at radius 1 is 0.600 bits per heavy atom. The molecule has 3 heteroatoms. The molecule has 0 aliphatic heterocycles. The van der Waals surface area contributed by atoms with E-state index in [0.29, 0.717) is 0 Å². The van der Waals surface area contributed by atoms with Crippen molar-refractivity contribution < 1.29 is 0 Å². The lowest BCUT2D eigenvalue weighted by molar-refractivity contribution is 0.220. The van der Waals surface area contributed by atoms with Gasteiger partial charge in [0.15, 0.2) is 0 Å². The second kappa shape index (κ2) is 12.6. The Bertz CT molecular complexity index is 186. The van der Waals surface area contributed by atoms with Gasteiger partial charge in [0.05, 0.1) is 0 Å². The molecule has 1 atom stereocenters. The smallest absolute Gasteiger partial charge is 0.0107 e. The number of likely N-dealkylation sites (N-methyl/N-ethyl adjacent to an activating group) is 3. The number of hydrogen-bond donors (Lipinski definition) is 0. The van der Waals surface area contributed by atoms with E-state index in [9.17, 15) is 0 Å². The van der Waals surface area contributed by atoms with Crippen LogP contribution in [0, 0.1) is 5.92 Å². The topological polar surface area (TPSA) is 9.72 Å². The van der Waals surface area contributed by atoms with Gasteiger partial charge < -0.3 is 14.7 Å². The Labute approximate surface area is 128 Å². The Morgan fingerprint density at radius 2 is 1.05 bits per heavy atom. The Balaban J connectivity index is 3.59. The minimum absolute atomic E-state index is 0.878. The third-order valence-corrected chi connectivity index (χ3v) is 4.12. The molecule has 0 aliphatic rings. The first-order valence-electron chi connectivity index (χ1n) is 8.55. The zero-order chi connectivity index (χ0) is 15.4. The molecule has 0 N–H and O–H groups in total. The highest BCUT2D eigenvalue weighted by Gasteiger charge is 2.06. The molecular formula is C17H39N3. The molecule has 3 nitrogen and oxygen atoms in total. The summed E-state index contributed by atoms with van der Waals surface area (Å²) in [5.41, 5.74) is 0. The summed E-state index contributed by atoms with van der Waals surface area (Å²) in [5.74, 6) is 0.878. The summed E-state index contributed by atoms with van der Waals surface area (Å²) in [6, 6.07) is 0. The number of rotatable bonds is 13. The van der Waals surface area contributed by atoms with Crippen molar-refractivity contribution in [3.63, 3.8) is 0 Å². The van der Waals surface area contributed by atoms with Gasteiger partial charge in [-0.3, -0.25) is 0 Å². The van der Waals surface area contributed by atoms with Crippen molar-refractivity contribution in [2.75, 3.05) is 60.4 Å². The molecule has 0 rings (SSSR count). The highest BCUT2D eigenvalue weighted by Crippen LogP contribution is 2.09. The molecule has 0 amide bonds. The second-order valence-corrected chi connectivity index (χ2v) is 6.59. The summed E-state index contributed by atoms with van der Waals surface area (Å²) < 4.78 is 0. The molecule has 0 saturated carbocycles. The Hall–Kier alpha value is -0.120. The standard InChI is InChI=1S/C17H39N3/c1-7-9-17(3)10-12-19(5)14-16-20(6)15-13-18(4)11-8-2/h17H,7-16H2,1-6H3. The molecule has 1 unspecified atom stereocenters. The molecule has 0 radical (unpaired) electrons. The van der Waals surface area contributed by atoms with E-state index in [2.05, 4.69) is 56.6 Å². The van der Waals surface area contributed by atoms with Gasteiger partial charge in [0.25, 0.3) is 0 Å². The SMILES string of the molecule is CCCC(C)CCN(C)CCN(C)CCN(C)CCC. The summed E-state index contributed by atoms with van der Waals surface area (Å²) in [5, 5.41) is 0. The molecule has 0 aromatic rings. The van der Waals surface area contributed by atoms with Crippen LogP contribution < -0.4 is 0 Å². The Morgan fingerprint density at radius 3 is 1.50 bits per heavy atom. The summed E-state index contributed by atoms with van der Waals surface area (Å²) >= 11 is 0. The predicted molar refractivity (Wildman–Crippen MR) is 91.5 cm³/mol. The van der Waals surface area contributed by atoms with Crippen LogP contribution in [0.2, 0.25) is 0 Å². The van der Waals surface area contributed by atoms with E-state index >= 15 is 0 Å². The average Bonchev–Trinajstić information content (AvgIpc) is 2.41. The van der Waals surface area contributed by atoms with Crippen LogP contribution in [0.15, 0.2) is 0 Å². The zero-order valence-corrected chi connectivity index (χ0v) is 15.0. The zero-order valence-electron chi connectivity index (χ0n) is 15.0. The molecule has 0 bridgehead atoms. The highest BCUT2D eigenvalue weighted by atomic mass is 15.2. The van der Waals surface area contributed by atoms with Crippen molar-refractivity contribution in [3.05, 3.63) is 0 Å². The normalized spacial score (nSPS) is 13.7. The first-order chi connectivity index (χ1) is 9.49. The van der Waals surface area contributed by atoms with Crippen LogP contribution in [0.4, 0.5) is 0 Å². The van der Waals surface area contributed by atoms with Gasteiger partial charge in [0.2, 0.25) is 0 Å². The van der Waals surface area contributed by atoms with Crippen molar-refractivity contribution >= 4 is 0 Å². The summed E-state index contributed by atoms with van der Waals surface area (Å²) in [7, 11) is 6.72. The van der Waals surface area contributed by atoms with E-state index in [-0.39, 0.29) is 0 Å². The van der Waals surface area contributed by atoms with Crippen LogP contribution in [0.5, 0.6) is 0 Å². The van der Waals surface area contributed by atoms with Gasteiger partial charge >= 0.3 is 0 Å². The number of nitrogens with zero attached hydrogens (tertiary/aromatic N) is 3. The third kappa shape index (κ3) is 11.7. The molecule has 20 heavy (non-hydrogen) atoms. The van der Waals surface area contributed by atoms with Crippen molar-refractivity contribution in [1.82, 2.24) is 14.7 Å². The summed E-state index contributed by atoms with van der Waals surface area (Å²) in [6.07, 6.45) is 5.28. The maximum absolute atomic E-state index is 2.48. The fourth-order valence-electron chi connectivity index (χ4n) is 2.48. The molecule has 0 fully saturated rings. The largest absolute Gasteiger partial charge is 0.305 e. The van der Waals surface area contributed by atoms with Gasteiger partial charge in [0, 0.05) is 26.2 Å². The van der Waals surface area contributed by atoms with Gasteiger partial charge in [-0.2, -0.15) is 0 Å². The van der Waals surface area contributed by atoms with Gasteiger partial charge in [-0.15, -0.1) is 0 Å². The van der Waals surface area contributed by atoms with E-state index in [1.54, 1.807) is 0 Å². The lowest BCUT2D eigenvalue weighted by Crippen LogP contribution is -2.36. The molecule has 0 spiro atoms. The minimum atomic E-state index is 0.878. The van der Waals surface area contributed by atoms with Gasteiger partial charge in [-0.05, 0) is 53.0 Å². The Kier molecular flexibility index (Phi) is 12.5. The molecule has 0 aromatic heterocycles. The third-order valence-electron chi connectivity index (χ3n) is 4.12. The first-order valence-corrected chi connectivity index (χ1v) is 8.55. The van der Waals surface area contributed by atoms with Crippen molar-refractivity contribution in [1.29, 1.82) is 0 Å². The van der Waals surface area contributed by atoms with Crippen molar-refractivity contribution in [3.8, 4) is 0 Å². The molecular weight excluding hydrogens is 246 g/mol. The first kappa shape index (κ1) is 19.9. The summed E-state index contributed by atoms with van der Waals surface area (Å²) in [6.45, 7) is 14.1. The van der Waals surface area contributed by atoms with Gasteiger partial charge in [-0.1, -0.05) is 33.6 Å². The fourth-order valence-corrected chi connectivity index (χ4v) is 2.48. The van der Waals surface area contributed by atoms with E-state index in [4.69, 9.17) is 0 Å². The van der Waals surface area contributed by atoms with Crippen LogP contribution in [-0.4, -0.2) is 75.1 Å². The second-order valence-electron chi connectivity index (χ2n) is 6.59. The van der Waals surface area contributed by atoms with Crippen LogP contribution in [0.25, 0.3) is 0 Å². The van der Waals surface area contributed by atoms with Crippen LogP contribution in [-0.2, 0) is 0 Å². The van der Waals surface area contributed by atoms with Crippen LogP contribution in [0.3, 0.4) is 0 Å². The maximum Gasteiger partial charge on any atom is 0.0107 e. The fraction of sp³-hybridized carbons (Fsp3) is 1.00. The minimum Gasteiger partial charge on any atom is -0.305 e. The van der Waals surface area contributed by atoms with E-state index in [1.165, 1.54) is 65.0 Å². The average molecular weight is 286 g/mol. The molecule has 122 valence electrons. The van der Waals surface area contributed by atoms with Crippen molar-refractivity contribution in [2.24, 2.45) is 5.92 Å². The quantitative estimate of drug-likeness (QED) is 0.515. The van der Waals surface area contributed by atoms with Gasteiger partial charge in [-0.25, -0.2) is 0 Å². The van der Waals surface area contributed by atoms with Gasteiger partial charge in [0.1, 0.15) is 0 Å². The lowest BCUT2D eigenvalue weighted by atomic mass is 10.0.